The van der Waals surface area contributed by atoms with Gasteiger partial charge < -0.3 is 5.73 Å². The minimum absolute atomic E-state index is 0.127. The summed E-state index contributed by atoms with van der Waals surface area (Å²) in [7, 11) is 0. The fraction of sp³-hybridized carbons (Fsp3) is 0.538. The first kappa shape index (κ1) is 13.2. The zero-order valence-electron chi connectivity index (χ0n) is 11.3. The molecule has 0 amide bonds. The first-order chi connectivity index (χ1) is 8.52. The number of hydrogen-bond acceptors (Lipinski definition) is 4. The highest BCUT2D eigenvalue weighted by Crippen LogP contribution is 2.29. The maximum atomic E-state index is 5.90. The smallest absolute Gasteiger partial charge is 0.103 e. The minimum atomic E-state index is 0.127. The molecular formula is C13H20N4S. The minimum Gasteiger partial charge on any atom is -0.329 e. The second kappa shape index (κ2) is 5.20. The molecule has 2 aromatic heterocycles. The fourth-order valence-corrected chi connectivity index (χ4v) is 2.89. The molecule has 2 rings (SSSR count). The predicted molar refractivity (Wildman–Crippen MR) is 75.2 cm³/mol. The summed E-state index contributed by atoms with van der Waals surface area (Å²) in [6.07, 6.45) is 0. The van der Waals surface area contributed by atoms with Gasteiger partial charge in [-0.3, -0.25) is 5.10 Å². The first-order valence-electron chi connectivity index (χ1n) is 6.22. The zero-order valence-corrected chi connectivity index (χ0v) is 12.1. The van der Waals surface area contributed by atoms with E-state index in [-0.39, 0.29) is 5.92 Å². The van der Waals surface area contributed by atoms with E-state index in [2.05, 4.69) is 42.0 Å². The quantitative estimate of drug-likeness (QED) is 0.892. The van der Waals surface area contributed by atoms with Crippen LogP contribution in [0.3, 0.4) is 0 Å². The number of rotatable bonds is 4. The van der Waals surface area contributed by atoms with Gasteiger partial charge in [-0.25, -0.2) is 4.98 Å². The lowest BCUT2D eigenvalue weighted by Gasteiger charge is -2.08. The van der Waals surface area contributed by atoms with Gasteiger partial charge in [0.15, 0.2) is 0 Å². The SMILES string of the molecule is Cc1nc(C(CN)c2cc(C(C)C)n[nH]2)sc1C. The van der Waals surface area contributed by atoms with E-state index in [0.717, 1.165) is 22.1 Å². The van der Waals surface area contributed by atoms with E-state index >= 15 is 0 Å². The Morgan fingerprint density at radius 2 is 2.11 bits per heavy atom. The summed E-state index contributed by atoms with van der Waals surface area (Å²) in [5.74, 6) is 0.551. The van der Waals surface area contributed by atoms with Crippen LogP contribution in [0.4, 0.5) is 0 Å². The Morgan fingerprint density at radius 3 is 2.56 bits per heavy atom. The second-order valence-electron chi connectivity index (χ2n) is 4.88. The Morgan fingerprint density at radius 1 is 1.39 bits per heavy atom. The summed E-state index contributed by atoms with van der Waals surface area (Å²) >= 11 is 1.72. The van der Waals surface area contributed by atoms with Gasteiger partial charge in [-0.15, -0.1) is 11.3 Å². The van der Waals surface area contributed by atoms with Gasteiger partial charge in [-0.1, -0.05) is 13.8 Å². The highest BCUT2D eigenvalue weighted by atomic mass is 32.1. The number of nitrogens with two attached hydrogens (primary N) is 1. The van der Waals surface area contributed by atoms with Gasteiger partial charge in [-0.2, -0.15) is 5.10 Å². The van der Waals surface area contributed by atoms with E-state index in [4.69, 9.17) is 5.73 Å². The third kappa shape index (κ3) is 2.47. The topological polar surface area (TPSA) is 67.6 Å². The van der Waals surface area contributed by atoms with Gasteiger partial charge in [0.25, 0.3) is 0 Å². The average molecular weight is 264 g/mol. The van der Waals surface area contributed by atoms with Gasteiger partial charge in [0, 0.05) is 17.1 Å². The predicted octanol–water partition coefficient (Wildman–Crippen LogP) is 2.70. The average Bonchev–Trinajstić information content (AvgIpc) is 2.89. The summed E-state index contributed by atoms with van der Waals surface area (Å²) in [5, 5.41) is 8.51. The van der Waals surface area contributed by atoms with Crippen molar-refractivity contribution in [2.75, 3.05) is 6.54 Å². The molecule has 0 spiro atoms. The highest BCUT2D eigenvalue weighted by Gasteiger charge is 2.20. The lowest BCUT2D eigenvalue weighted by Crippen LogP contribution is -2.14. The van der Waals surface area contributed by atoms with Gasteiger partial charge in [0.05, 0.1) is 17.3 Å². The number of hydrogen-bond donors (Lipinski definition) is 2. The molecule has 18 heavy (non-hydrogen) atoms. The van der Waals surface area contributed by atoms with Crippen LogP contribution in [0, 0.1) is 13.8 Å². The Hall–Kier alpha value is -1.20. The molecule has 0 saturated heterocycles. The number of thiazole rings is 1. The van der Waals surface area contributed by atoms with Gasteiger partial charge in [-0.05, 0) is 25.8 Å². The highest BCUT2D eigenvalue weighted by molar-refractivity contribution is 7.11. The Balaban J connectivity index is 2.32. The standard InChI is InChI=1S/C13H20N4S/c1-7(2)11-5-12(17-16-11)10(6-14)13-15-8(3)9(4)18-13/h5,7,10H,6,14H2,1-4H3,(H,16,17). The van der Waals surface area contributed by atoms with Crippen molar-refractivity contribution in [2.45, 2.75) is 39.5 Å². The van der Waals surface area contributed by atoms with Crippen molar-refractivity contribution in [3.63, 3.8) is 0 Å². The van der Waals surface area contributed by atoms with Crippen LogP contribution in [0.15, 0.2) is 6.07 Å². The number of H-pyrrole nitrogens is 1. The van der Waals surface area contributed by atoms with Crippen LogP contribution in [0.25, 0.3) is 0 Å². The van der Waals surface area contributed by atoms with Crippen molar-refractivity contribution < 1.29 is 0 Å². The molecule has 4 nitrogen and oxygen atoms in total. The summed E-state index contributed by atoms with van der Waals surface area (Å²) in [6, 6.07) is 2.11. The zero-order chi connectivity index (χ0) is 13.3. The lowest BCUT2D eigenvalue weighted by molar-refractivity contribution is 0.764. The normalized spacial score (nSPS) is 13.2. The van der Waals surface area contributed by atoms with Crippen LogP contribution in [-0.2, 0) is 0 Å². The molecule has 1 unspecified atom stereocenters. The monoisotopic (exact) mass is 264 g/mol. The molecule has 0 aliphatic carbocycles. The summed E-state index contributed by atoms with van der Waals surface area (Å²) < 4.78 is 0. The Labute approximate surface area is 112 Å². The Bertz CT molecular complexity index is 507. The summed E-state index contributed by atoms with van der Waals surface area (Å²) in [4.78, 5) is 5.86. The molecule has 2 aromatic rings. The molecule has 0 aromatic carbocycles. The van der Waals surface area contributed by atoms with E-state index in [9.17, 15) is 0 Å². The summed E-state index contributed by atoms with van der Waals surface area (Å²) in [5.41, 5.74) is 9.14. The molecule has 5 heteroatoms. The van der Waals surface area contributed by atoms with E-state index in [0.29, 0.717) is 12.5 Å². The molecule has 0 fully saturated rings. The molecule has 0 bridgehead atoms. The number of nitrogens with one attached hydrogen (secondary N) is 1. The van der Waals surface area contributed by atoms with Crippen LogP contribution in [0.2, 0.25) is 0 Å². The van der Waals surface area contributed by atoms with E-state index in [1.165, 1.54) is 4.88 Å². The van der Waals surface area contributed by atoms with Crippen molar-refractivity contribution in [2.24, 2.45) is 5.73 Å². The number of nitrogens with zero attached hydrogens (tertiary/aromatic N) is 2. The third-order valence-corrected chi connectivity index (χ3v) is 4.35. The van der Waals surface area contributed by atoms with Gasteiger partial charge in [0.1, 0.15) is 5.01 Å². The van der Waals surface area contributed by atoms with Gasteiger partial charge >= 0.3 is 0 Å². The molecule has 2 heterocycles. The number of aryl methyl sites for hydroxylation is 2. The van der Waals surface area contributed by atoms with Crippen LogP contribution < -0.4 is 5.73 Å². The van der Waals surface area contributed by atoms with Crippen LogP contribution in [0.1, 0.15) is 52.6 Å². The van der Waals surface area contributed by atoms with Crippen molar-refractivity contribution in [3.05, 3.63) is 33.0 Å². The molecule has 0 aliphatic heterocycles. The van der Waals surface area contributed by atoms with Crippen molar-refractivity contribution in [3.8, 4) is 0 Å². The van der Waals surface area contributed by atoms with Crippen molar-refractivity contribution in [1.82, 2.24) is 15.2 Å². The molecule has 3 N–H and O–H groups in total. The maximum absolute atomic E-state index is 5.90. The summed E-state index contributed by atoms with van der Waals surface area (Å²) in [6.45, 7) is 8.95. The van der Waals surface area contributed by atoms with Crippen molar-refractivity contribution >= 4 is 11.3 Å². The second-order valence-corrected chi connectivity index (χ2v) is 6.12. The molecule has 0 radical (unpaired) electrons. The van der Waals surface area contributed by atoms with Crippen LogP contribution in [-0.4, -0.2) is 21.7 Å². The lowest BCUT2D eigenvalue weighted by atomic mass is 10.0. The number of aromatic amines is 1. The third-order valence-electron chi connectivity index (χ3n) is 3.16. The molecule has 98 valence electrons. The molecule has 0 saturated carbocycles. The fourth-order valence-electron chi connectivity index (χ4n) is 1.83. The van der Waals surface area contributed by atoms with Crippen LogP contribution in [0.5, 0.6) is 0 Å². The Kier molecular flexibility index (Phi) is 3.82. The molecule has 1 atom stereocenters. The maximum Gasteiger partial charge on any atom is 0.103 e. The largest absolute Gasteiger partial charge is 0.329 e. The van der Waals surface area contributed by atoms with Gasteiger partial charge in [0.2, 0.25) is 0 Å². The number of aromatic nitrogens is 3. The van der Waals surface area contributed by atoms with E-state index in [1.807, 2.05) is 6.92 Å². The first-order valence-corrected chi connectivity index (χ1v) is 7.03. The molecular weight excluding hydrogens is 244 g/mol. The molecule has 0 aliphatic rings. The van der Waals surface area contributed by atoms with Crippen molar-refractivity contribution in [1.29, 1.82) is 0 Å². The van der Waals surface area contributed by atoms with E-state index < -0.39 is 0 Å². The van der Waals surface area contributed by atoms with E-state index in [1.54, 1.807) is 11.3 Å². The van der Waals surface area contributed by atoms with Crippen LogP contribution >= 0.6 is 11.3 Å².